The first-order valence-electron chi connectivity index (χ1n) is 8.80. The third kappa shape index (κ3) is 6.63. The van der Waals surface area contributed by atoms with Crippen molar-refractivity contribution in [2.24, 2.45) is 0 Å². The summed E-state index contributed by atoms with van der Waals surface area (Å²) >= 11 is 0. The van der Waals surface area contributed by atoms with Crippen LogP contribution in [0.15, 0.2) is 43.2 Å². The Morgan fingerprint density at radius 3 is 2.88 bits per heavy atom. The van der Waals surface area contributed by atoms with E-state index in [4.69, 9.17) is 4.74 Å². The van der Waals surface area contributed by atoms with Crippen LogP contribution in [0, 0.1) is 6.92 Å². The number of nitrogens with zero attached hydrogens (tertiary/aromatic N) is 4. The Labute approximate surface area is 150 Å². The van der Waals surface area contributed by atoms with Gasteiger partial charge >= 0.3 is 0 Å². The van der Waals surface area contributed by atoms with Crippen molar-refractivity contribution in [3.8, 4) is 5.88 Å². The van der Waals surface area contributed by atoms with Gasteiger partial charge < -0.3 is 4.74 Å². The van der Waals surface area contributed by atoms with Crippen LogP contribution in [0.5, 0.6) is 5.88 Å². The minimum Gasteiger partial charge on any atom is -0.473 e. The molecule has 2 heterocycles. The molecular formula is C20H28N4O. The molecule has 0 unspecified atom stereocenters. The van der Waals surface area contributed by atoms with E-state index < -0.39 is 0 Å². The number of hydrogen-bond donors (Lipinski definition) is 0. The van der Waals surface area contributed by atoms with Gasteiger partial charge in [0.2, 0.25) is 5.88 Å². The summed E-state index contributed by atoms with van der Waals surface area (Å²) < 4.78 is 6.19. The van der Waals surface area contributed by atoms with Gasteiger partial charge in [-0.2, -0.15) is 4.98 Å². The Hall–Kier alpha value is -2.27. The van der Waals surface area contributed by atoms with Crippen LogP contribution in [0.3, 0.4) is 0 Å². The van der Waals surface area contributed by atoms with Crippen molar-refractivity contribution in [3.63, 3.8) is 0 Å². The molecular weight excluding hydrogens is 312 g/mol. The quantitative estimate of drug-likeness (QED) is 0.619. The molecule has 0 saturated carbocycles. The Morgan fingerprint density at radius 1 is 1.36 bits per heavy atom. The average Bonchev–Trinajstić information content (AvgIpc) is 2.60. The number of hydrogen-bond acceptors (Lipinski definition) is 5. The Balaban J connectivity index is 2.02. The second-order valence-electron chi connectivity index (χ2n) is 6.28. The zero-order chi connectivity index (χ0) is 18.1. The van der Waals surface area contributed by atoms with Crippen LogP contribution in [0.4, 0.5) is 0 Å². The first-order valence-corrected chi connectivity index (χ1v) is 8.80. The van der Waals surface area contributed by atoms with E-state index in [1.807, 2.05) is 31.3 Å². The average molecular weight is 340 g/mol. The molecule has 2 rings (SSSR count). The SMILES string of the molecule is C=CCC[C@H](CN(C)Cc1cccnc1)Oc1cc(C)nc(CC)n1. The highest BCUT2D eigenvalue weighted by Gasteiger charge is 2.15. The monoisotopic (exact) mass is 340 g/mol. The lowest BCUT2D eigenvalue weighted by Crippen LogP contribution is -2.33. The lowest BCUT2D eigenvalue weighted by molar-refractivity contribution is 0.131. The number of allylic oxidation sites excluding steroid dienone is 1. The van der Waals surface area contributed by atoms with E-state index in [9.17, 15) is 0 Å². The van der Waals surface area contributed by atoms with Crippen molar-refractivity contribution in [2.75, 3.05) is 13.6 Å². The number of likely N-dealkylation sites (N-methyl/N-ethyl adjacent to an activating group) is 1. The van der Waals surface area contributed by atoms with Crippen molar-refractivity contribution in [2.45, 2.75) is 45.8 Å². The molecule has 0 bridgehead atoms. The van der Waals surface area contributed by atoms with Crippen LogP contribution < -0.4 is 4.74 Å². The van der Waals surface area contributed by atoms with Gasteiger partial charge in [0.15, 0.2) is 0 Å². The molecule has 0 radical (unpaired) electrons. The summed E-state index contributed by atoms with van der Waals surface area (Å²) in [6, 6.07) is 5.95. The third-order valence-corrected chi connectivity index (χ3v) is 3.86. The number of aromatic nitrogens is 3. The first-order chi connectivity index (χ1) is 12.1. The fourth-order valence-corrected chi connectivity index (χ4v) is 2.69. The van der Waals surface area contributed by atoms with E-state index in [0.717, 1.165) is 43.9 Å². The molecule has 0 aliphatic carbocycles. The van der Waals surface area contributed by atoms with Crippen LogP contribution in [-0.2, 0) is 13.0 Å². The van der Waals surface area contributed by atoms with E-state index in [1.54, 1.807) is 6.20 Å². The van der Waals surface area contributed by atoms with Gasteiger partial charge in [-0.3, -0.25) is 9.88 Å². The maximum Gasteiger partial charge on any atom is 0.217 e. The van der Waals surface area contributed by atoms with E-state index in [-0.39, 0.29) is 6.10 Å². The van der Waals surface area contributed by atoms with Gasteiger partial charge in [0, 0.05) is 43.7 Å². The second kappa shape index (κ2) is 9.89. The Kier molecular flexibility index (Phi) is 7.54. The van der Waals surface area contributed by atoms with Gasteiger partial charge in [-0.15, -0.1) is 6.58 Å². The molecule has 2 aromatic heterocycles. The summed E-state index contributed by atoms with van der Waals surface area (Å²) in [5, 5.41) is 0. The topological polar surface area (TPSA) is 51.1 Å². The fraction of sp³-hybridized carbons (Fsp3) is 0.450. The number of pyridine rings is 1. The van der Waals surface area contributed by atoms with Crippen LogP contribution >= 0.6 is 0 Å². The van der Waals surface area contributed by atoms with E-state index in [0.29, 0.717) is 5.88 Å². The molecule has 0 amide bonds. The first kappa shape index (κ1) is 19.1. The number of ether oxygens (including phenoxy) is 1. The van der Waals surface area contributed by atoms with Gasteiger partial charge in [0.05, 0.1) is 0 Å². The largest absolute Gasteiger partial charge is 0.473 e. The molecule has 0 aliphatic rings. The van der Waals surface area contributed by atoms with Crippen LogP contribution in [0.25, 0.3) is 0 Å². The minimum atomic E-state index is 0.0543. The maximum atomic E-state index is 6.19. The molecule has 0 aliphatic heterocycles. The molecule has 5 nitrogen and oxygen atoms in total. The van der Waals surface area contributed by atoms with Gasteiger partial charge in [-0.25, -0.2) is 4.98 Å². The van der Waals surface area contributed by atoms with Gasteiger partial charge in [-0.05, 0) is 38.4 Å². The molecule has 0 aromatic carbocycles. The summed E-state index contributed by atoms with van der Waals surface area (Å²) in [6.45, 7) is 9.50. The standard InChI is InChI=1S/C20H28N4O/c1-5-7-10-18(15-24(4)14-17-9-8-11-21-13-17)25-20-12-16(3)22-19(6-2)23-20/h5,8-9,11-13,18H,1,6-7,10,14-15H2,2-4H3/t18-/m1/s1. The maximum absolute atomic E-state index is 6.19. The highest BCUT2D eigenvalue weighted by Crippen LogP contribution is 2.15. The molecule has 5 heteroatoms. The van der Waals surface area contributed by atoms with Gasteiger partial charge in [0.1, 0.15) is 11.9 Å². The summed E-state index contributed by atoms with van der Waals surface area (Å²) in [6.07, 6.45) is 8.30. The molecule has 1 atom stereocenters. The zero-order valence-electron chi connectivity index (χ0n) is 15.5. The molecule has 2 aromatic rings. The lowest BCUT2D eigenvalue weighted by atomic mass is 10.1. The minimum absolute atomic E-state index is 0.0543. The molecule has 0 N–H and O–H groups in total. The zero-order valence-corrected chi connectivity index (χ0v) is 15.5. The van der Waals surface area contributed by atoms with Crippen molar-refractivity contribution in [3.05, 3.63) is 60.3 Å². The third-order valence-electron chi connectivity index (χ3n) is 3.86. The Morgan fingerprint density at radius 2 is 2.20 bits per heavy atom. The normalized spacial score (nSPS) is 12.2. The highest BCUT2D eigenvalue weighted by atomic mass is 16.5. The second-order valence-corrected chi connectivity index (χ2v) is 6.28. The molecule has 25 heavy (non-hydrogen) atoms. The van der Waals surface area contributed by atoms with Crippen molar-refractivity contribution < 1.29 is 4.74 Å². The van der Waals surface area contributed by atoms with Crippen LogP contribution in [0.1, 0.15) is 36.8 Å². The highest BCUT2D eigenvalue weighted by molar-refractivity contribution is 5.16. The van der Waals surface area contributed by atoms with Crippen molar-refractivity contribution in [1.29, 1.82) is 0 Å². The summed E-state index contributed by atoms with van der Waals surface area (Å²) in [4.78, 5) is 15.3. The van der Waals surface area contributed by atoms with E-state index in [2.05, 4.69) is 46.5 Å². The predicted molar refractivity (Wildman–Crippen MR) is 101 cm³/mol. The van der Waals surface area contributed by atoms with Crippen molar-refractivity contribution in [1.82, 2.24) is 19.9 Å². The molecule has 0 fully saturated rings. The van der Waals surface area contributed by atoms with Gasteiger partial charge in [-0.1, -0.05) is 19.1 Å². The van der Waals surface area contributed by atoms with Crippen LogP contribution in [0.2, 0.25) is 0 Å². The molecule has 0 saturated heterocycles. The lowest BCUT2D eigenvalue weighted by Gasteiger charge is -2.24. The van der Waals surface area contributed by atoms with Gasteiger partial charge in [0.25, 0.3) is 0 Å². The summed E-state index contributed by atoms with van der Waals surface area (Å²) in [5.74, 6) is 1.48. The van der Waals surface area contributed by atoms with Crippen molar-refractivity contribution >= 4 is 0 Å². The summed E-state index contributed by atoms with van der Waals surface area (Å²) in [5.41, 5.74) is 2.13. The fourth-order valence-electron chi connectivity index (χ4n) is 2.69. The summed E-state index contributed by atoms with van der Waals surface area (Å²) in [7, 11) is 2.10. The van der Waals surface area contributed by atoms with E-state index >= 15 is 0 Å². The molecule has 0 spiro atoms. The predicted octanol–water partition coefficient (Wildman–Crippen LogP) is 3.59. The number of rotatable bonds is 10. The van der Waals surface area contributed by atoms with Crippen LogP contribution in [-0.4, -0.2) is 39.5 Å². The van der Waals surface area contributed by atoms with E-state index in [1.165, 1.54) is 5.56 Å². The number of aryl methyl sites for hydroxylation is 2. The smallest absolute Gasteiger partial charge is 0.217 e. The Bertz CT molecular complexity index is 660. The molecule has 134 valence electrons.